The quantitative estimate of drug-likeness (QED) is 0.697. The lowest BCUT2D eigenvalue weighted by Crippen LogP contribution is -2.50. The van der Waals surface area contributed by atoms with Crippen LogP contribution in [-0.2, 0) is 14.3 Å². The number of amides is 2. The first kappa shape index (κ1) is 13.0. The van der Waals surface area contributed by atoms with Crippen LogP contribution >= 0.6 is 0 Å². The molecule has 5 nitrogen and oxygen atoms in total. The van der Waals surface area contributed by atoms with Crippen molar-refractivity contribution in [3.8, 4) is 0 Å². The van der Waals surface area contributed by atoms with Crippen molar-refractivity contribution in [1.29, 1.82) is 0 Å². The van der Waals surface area contributed by atoms with Gasteiger partial charge in [0.25, 0.3) is 0 Å². The van der Waals surface area contributed by atoms with Crippen LogP contribution in [0.5, 0.6) is 0 Å². The van der Waals surface area contributed by atoms with E-state index in [4.69, 9.17) is 10.5 Å². The Hall–Kier alpha value is -1.10. The number of ether oxygens (including phenoxy) is 1. The van der Waals surface area contributed by atoms with Crippen LogP contribution in [0.1, 0.15) is 26.7 Å². The average Bonchev–Trinajstić information content (AvgIpc) is 2.77. The Morgan fingerprint density at radius 1 is 1.56 bits per heavy atom. The summed E-state index contributed by atoms with van der Waals surface area (Å²) in [4.78, 5) is 23.0. The SMILES string of the molecule is CC[C@@H](C)[C@H](NC(=O)[C@@H]1CCOC1)C(N)=O. The van der Waals surface area contributed by atoms with Crippen LogP contribution < -0.4 is 11.1 Å². The first-order chi connectivity index (χ1) is 7.56. The summed E-state index contributed by atoms with van der Waals surface area (Å²) in [5.41, 5.74) is 5.28. The minimum atomic E-state index is -0.571. The van der Waals surface area contributed by atoms with Crippen molar-refractivity contribution in [3.05, 3.63) is 0 Å². The number of nitrogens with one attached hydrogen (secondary N) is 1. The number of carbonyl (C=O) groups is 2. The molecular weight excluding hydrogens is 208 g/mol. The molecule has 0 unspecified atom stereocenters. The first-order valence-electron chi connectivity index (χ1n) is 5.73. The summed E-state index contributed by atoms with van der Waals surface area (Å²) in [6.07, 6.45) is 1.52. The number of primary amides is 1. The van der Waals surface area contributed by atoms with Gasteiger partial charge in [-0.3, -0.25) is 9.59 Å². The second-order valence-electron chi connectivity index (χ2n) is 4.33. The number of rotatable bonds is 5. The number of hydrogen-bond donors (Lipinski definition) is 2. The minimum Gasteiger partial charge on any atom is -0.381 e. The molecule has 1 saturated heterocycles. The highest BCUT2D eigenvalue weighted by molar-refractivity contribution is 5.87. The fourth-order valence-electron chi connectivity index (χ4n) is 1.74. The lowest BCUT2D eigenvalue weighted by atomic mass is 9.97. The number of hydrogen-bond acceptors (Lipinski definition) is 3. The molecule has 0 radical (unpaired) electrons. The molecule has 1 heterocycles. The van der Waals surface area contributed by atoms with Crippen molar-refractivity contribution in [1.82, 2.24) is 5.32 Å². The molecule has 0 spiro atoms. The second kappa shape index (κ2) is 5.84. The van der Waals surface area contributed by atoms with Gasteiger partial charge in [-0.25, -0.2) is 0 Å². The predicted octanol–water partition coefficient (Wildman–Crippen LogP) is 0.0391. The topological polar surface area (TPSA) is 81.4 Å². The molecule has 3 atom stereocenters. The van der Waals surface area contributed by atoms with E-state index in [1.807, 2.05) is 13.8 Å². The van der Waals surface area contributed by atoms with Gasteiger partial charge >= 0.3 is 0 Å². The monoisotopic (exact) mass is 228 g/mol. The molecule has 0 aliphatic carbocycles. The van der Waals surface area contributed by atoms with Crippen molar-refractivity contribution in [3.63, 3.8) is 0 Å². The van der Waals surface area contributed by atoms with E-state index in [-0.39, 0.29) is 17.7 Å². The first-order valence-corrected chi connectivity index (χ1v) is 5.73. The molecule has 0 aromatic carbocycles. The summed E-state index contributed by atoms with van der Waals surface area (Å²) < 4.78 is 5.13. The molecule has 16 heavy (non-hydrogen) atoms. The van der Waals surface area contributed by atoms with Crippen LogP contribution in [0.25, 0.3) is 0 Å². The van der Waals surface area contributed by atoms with Crippen LogP contribution in [0, 0.1) is 11.8 Å². The Labute approximate surface area is 95.7 Å². The predicted molar refractivity (Wildman–Crippen MR) is 59.5 cm³/mol. The van der Waals surface area contributed by atoms with Gasteiger partial charge in [-0.1, -0.05) is 20.3 Å². The van der Waals surface area contributed by atoms with Crippen LogP contribution in [0.4, 0.5) is 0 Å². The fourth-order valence-corrected chi connectivity index (χ4v) is 1.74. The van der Waals surface area contributed by atoms with Crippen LogP contribution in [0.2, 0.25) is 0 Å². The maximum atomic E-state index is 11.8. The Morgan fingerprint density at radius 3 is 2.69 bits per heavy atom. The highest BCUT2D eigenvalue weighted by Gasteiger charge is 2.29. The summed E-state index contributed by atoms with van der Waals surface area (Å²) in [5, 5.41) is 2.72. The van der Waals surface area contributed by atoms with Gasteiger partial charge in [0.05, 0.1) is 12.5 Å². The molecule has 0 bridgehead atoms. The molecule has 1 fully saturated rings. The molecule has 1 aliphatic rings. The summed E-state index contributed by atoms with van der Waals surface area (Å²) >= 11 is 0. The summed E-state index contributed by atoms with van der Waals surface area (Å²) in [7, 11) is 0. The van der Waals surface area contributed by atoms with Gasteiger partial charge < -0.3 is 15.8 Å². The van der Waals surface area contributed by atoms with Crippen LogP contribution in [0.3, 0.4) is 0 Å². The van der Waals surface area contributed by atoms with Gasteiger partial charge in [0, 0.05) is 6.61 Å². The number of nitrogens with two attached hydrogens (primary N) is 1. The Morgan fingerprint density at radius 2 is 2.25 bits per heavy atom. The van der Waals surface area contributed by atoms with Gasteiger partial charge in [-0.15, -0.1) is 0 Å². The highest BCUT2D eigenvalue weighted by atomic mass is 16.5. The molecule has 2 amide bonds. The fraction of sp³-hybridized carbons (Fsp3) is 0.818. The maximum Gasteiger partial charge on any atom is 0.240 e. The average molecular weight is 228 g/mol. The smallest absolute Gasteiger partial charge is 0.240 e. The molecular formula is C11H20N2O3. The van der Waals surface area contributed by atoms with E-state index >= 15 is 0 Å². The third-order valence-corrected chi connectivity index (χ3v) is 3.12. The van der Waals surface area contributed by atoms with E-state index in [1.54, 1.807) is 0 Å². The molecule has 5 heteroatoms. The zero-order valence-electron chi connectivity index (χ0n) is 9.86. The molecule has 3 N–H and O–H groups in total. The molecule has 0 aromatic heterocycles. The zero-order chi connectivity index (χ0) is 12.1. The summed E-state index contributed by atoms with van der Waals surface area (Å²) in [6.45, 7) is 4.92. The van der Waals surface area contributed by atoms with Crippen molar-refractivity contribution in [2.24, 2.45) is 17.6 Å². The normalized spacial score (nSPS) is 23.8. The van der Waals surface area contributed by atoms with E-state index in [2.05, 4.69) is 5.32 Å². The van der Waals surface area contributed by atoms with Crippen molar-refractivity contribution in [2.45, 2.75) is 32.7 Å². The Bertz CT molecular complexity index is 262. The largest absolute Gasteiger partial charge is 0.381 e. The molecule has 1 rings (SSSR count). The molecule has 92 valence electrons. The Kier molecular flexibility index (Phi) is 4.73. The van der Waals surface area contributed by atoms with Gasteiger partial charge in [-0.2, -0.15) is 0 Å². The van der Waals surface area contributed by atoms with Crippen LogP contribution in [-0.4, -0.2) is 31.1 Å². The summed E-state index contributed by atoms with van der Waals surface area (Å²) in [5.74, 6) is -0.669. The third kappa shape index (κ3) is 3.20. The third-order valence-electron chi connectivity index (χ3n) is 3.12. The molecule has 0 saturated carbocycles. The van der Waals surface area contributed by atoms with E-state index in [9.17, 15) is 9.59 Å². The van der Waals surface area contributed by atoms with E-state index in [0.29, 0.717) is 13.2 Å². The van der Waals surface area contributed by atoms with Gasteiger partial charge in [0.2, 0.25) is 11.8 Å². The van der Waals surface area contributed by atoms with Crippen molar-refractivity contribution in [2.75, 3.05) is 13.2 Å². The van der Waals surface area contributed by atoms with Crippen molar-refractivity contribution < 1.29 is 14.3 Å². The summed E-state index contributed by atoms with van der Waals surface area (Å²) in [6, 6.07) is -0.571. The van der Waals surface area contributed by atoms with Gasteiger partial charge in [0.1, 0.15) is 6.04 Å². The number of carbonyl (C=O) groups excluding carboxylic acids is 2. The van der Waals surface area contributed by atoms with Crippen LogP contribution in [0.15, 0.2) is 0 Å². The van der Waals surface area contributed by atoms with E-state index in [0.717, 1.165) is 12.8 Å². The molecule has 0 aromatic rings. The molecule has 1 aliphatic heterocycles. The lowest BCUT2D eigenvalue weighted by molar-refractivity contribution is -0.130. The Balaban J connectivity index is 2.53. The van der Waals surface area contributed by atoms with Gasteiger partial charge in [0.15, 0.2) is 0 Å². The highest BCUT2D eigenvalue weighted by Crippen LogP contribution is 2.14. The van der Waals surface area contributed by atoms with Gasteiger partial charge in [-0.05, 0) is 12.3 Å². The standard InChI is InChI=1S/C11H20N2O3/c1-3-7(2)9(10(12)14)13-11(15)8-4-5-16-6-8/h7-9H,3-6H2,1-2H3,(H2,12,14)(H,13,15)/t7-,8-,9+/m1/s1. The minimum absolute atomic E-state index is 0.0590. The maximum absolute atomic E-state index is 11.8. The second-order valence-corrected chi connectivity index (χ2v) is 4.33. The van der Waals surface area contributed by atoms with Crippen molar-refractivity contribution >= 4 is 11.8 Å². The van der Waals surface area contributed by atoms with E-state index in [1.165, 1.54) is 0 Å². The zero-order valence-corrected chi connectivity index (χ0v) is 9.86. The van der Waals surface area contributed by atoms with E-state index < -0.39 is 11.9 Å². The lowest BCUT2D eigenvalue weighted by Gasteiger charge is -2.22.